The summed E-state index contributed by atoms with van der Waals surface area (Å²) in [7, 11) is 1.64. The van der Waals surface area contributed by atoms with Gasteiger partial charge in [0.25, 0.3) is 0 Å². The second-order valence-corrected chi connectivity index (χ2v) is 10.9. The molecule has 2 fully saturated rings. The SMILES string of the molecule is COc1ccccc1N1CCN(C(=O)C[C@@H]2O[C@H](CN(Cc3ccc(F)cc3)Cc3ccc(F)cc3)[C@@H](O)[C@H]2O)CC1. The van der Waals surface area contributed by atoms with Gasteiger partial charge in [-0.2, -0.15) is 0 Å². The average Bonchev–Trinajstić information content (AvgIpc) is 3.26. The Morgan fingerprint density at radius 2 is 1.40 bits per heavy atom. The first-order valence-corrected chi connectivity index (χ1v) is 14.2. The monoisotopic (exact) mass is 581 g/mol. The van der Waals surface area contributed by atoms with Crippen molar-refractivity contribution in [1.82, 2.24) is 9.80 Å². The molecule has 0 aliphatic carbocycles. The smallest absolute Gasteiger partial charge is 0.225 e. The van der Waals surface area contributed by atoms with Crippen LogP contribution in [-0.4, -0.2) is 90.2 Å². The van der Waals surface area contributed by atoms with Crippen molar-refractivity contribution in [3.63, 3.8) is 0 Å². The minimum atomic E-state index is -1.22. The third kappa shape index (κ3) is 7.25. The number of nitrogens with zero attached hydrogens (tertiary/aromatic N) is 3. The number of anilines is 1. The standard InChI is InChI=1S/C32H37F2N3O5/c1-41-27-5-3-2-4-26(27)36-14-16-37(17-15-36)30(38)18-28-31(39)32(40)29(42-28)21-35(19-22-6-10-24(33)11-7-22)20-23-8-12-25(34)13-9-23/h2-13,28-29,31-32,39-40H,14-21H2,1H3/t28-,29+,31-,32+/m0/s1. The average molecular weight is 582 g/mol. The van der Waals surface area contributed by atoms with Gasteiger partial charge in [0.05, 0.1) is 31.4 Å². The van der Waals surface area contributed by atoms with Crippen LogP contribution in [0.2, 0.25) is 0 Å². The molecule has 0 saturated carbocycles. The molecule has 1 amide bonds. The van der Waals surface area contributed by atoms with E-state index >= 15 is 0 Å². The molecule has 224 valence electrons. The first-order valence-electron chi connectivity index (χ1n) is 14.2. The predicted molar refractivity (Wildman–Crippen MR) is 154 cm³/mol. The molecule has 0 spiro atoms. The fourth-order valence-corrected chi connectivity index (χ4v) is 5.67. The Morgan fingerprint density at radius 1 is 0.857 bits per heavy atom. The minimum absolute atomic E-state index is 0.0424. The lowest BCUT2D eigenvalue weighted by Gasteiger charge is -2.37. The molecule has 4 atom stereocenters. The summed E-state index contributed by atoms with van der Waals surface area (Å²) in [6.07, 6.45) is -4.04. The lowest BCUT2D eigenvalue weighted by Crippen LogP contribution is -2.50. The fourth-order valence-electron chi connectivity index (χ4n) is 5.67. The molecule has 3 aromatic carbocycles. The Balaban J connectivity index is 1.19. The molecule has 0 radical (unpaired) electrons. The van der Waals surface area contributed by atoms with E-state index in [-0.39, 0.29) is 30.5 Å². The van der Waals surface area contributed by atoms with Gasteiger partial charge in [-0.15, -0.1) is 0 Å². The topological polar surface area (TPSA) is 85.7 Å². The van der Waals surface area contributed by atoms with Crippen LogP contribution in [0, 0.1) is 11.6 Å². The molecule has 42 heavy (non-hydrogen) atoms. The molecule has 5 rings (SSSR count). The van der Waals surface area contributed by atoms with Crippen molar-refractivity contribution in [2.24, 2.45) is 0 Å². The Morgan fingerprint density at radius 3 is 1.98 bits per heavy atom. The molecular formula is C32H37F2N3O5. The van der Waals surface area contributed by atoms with E-state index in [0.717, 1.165) is 22.6 Å². The number of piperazine rings is 1. The zero-order valence-electron chi connectivity index (χ0n) is 23.6. The van der Waals surface area contributed by atoms with E-state index in [9.17, 15) is 23.8 Å². The Hall–Kier alpha value is -3.57. The summed E-state index contributed by atoms with van der Waals surface area (Å²) in [6, 6.07) is 20.0. The van der Waals surface area contributed by atoms with Crippen molar-refractivity contribution in [2.45, 2.75) is 43.9 Å². The maximum Gasteiger partial charge on any atom is 0.225 e. The van der Waals surface area contributed by atoms with Gasteiger partial charge in [0.1, 0.15) is 29.6 Å². The third-order valence-electron chi connectivity index (χ3n) is 7.97. The fraction of sp³-hybridized carbons (Fsp3) is 0.406. The third-order valence-corrected chi connectivity index (χ3v) is 7.97. The lowest BCUT2D eigenvalue weighted by molar-refractivity contribution is -0.135. The number of methoxy groups -OCH3 is 1. The van der Waals surface area contributed by atoms with Crippen LogP contribution in [0.1, 0.15) is 17.5 Å². The molecule has 2 aliphatic rings. The number of hydrogen-bond donors (Lipinski definition) is 2. The summed E-state index contributed by atoms with van der Waals surface area (Å²) in [6.45, 7) is 3.42. The number of aliphatic hydroxyl groups excluding tert-OH is 2. The maximum absolute atomic E-state index is 13.5. The zero-order valence-corrected chi connectivity index (χ0v) is 23.6. The van der Waals surface area contributed by atoms with E-state index in [1.165, 1.54) is 24.3 Å². The number of hydrogen-bond acceptors (Lipinski definition) is 7. The summed E-state index contributed by atoms with van der Waals surface area (Å²) < 4.78 is 38.5. The summed E-state index contributed by atoms with van der Waals surface area (Å²) in [5, 5.41) is 21.7. The summed E-state index contributed by atoms with van der Waals surface area (Å²) in [5.41, 5.74) is 2.69. The molecule has 0 unspecified atom stereocenters. The molecule has 2 aliphatic heterocycles. The molecule has 10 heteroatoms. The predicted octanol–water partition coefficient (Wildman–Crippen LogP) is 3.20. The van der Waals surface area contributed by atoms with Gasteiger partial charge in [0.2, 0.25) is 5.91 Å². The van der Waals surface area contributed by atoms with Crippen LogP contribution in [0.3, 0.4) is 0 Å². The van der Waals surface area contributed by atoms with Gasteiger partial charge in [-0.1, -0.05) is 36.4 Å². The number of amides is 1. The maximum atomic E-state index is 13.5. The van der Waals surface area contributed by atoms with Gasteiger partial charge in [0.15, 0.2) is 0 Å². The summed E-state index contributed by atoms with van der Waals surface area (Å²) in [5.74, 6) is -0.0285. The largest absolute Gasteiger partial charge is 0.495 e. The number of carbonyl (C=O) groups is 1. The van der Waals surface area contributed by atoms with Crippen molar-refractivity contribution in [2.75, 3.05) is 44.7 Å². The van der Waals surface area contributed by atoms with E-state index < -0.39 is 24.4 Å². The second kappa shape index (κ2) is 13.6. The van der Waals surface area contributed by atoms with Crippen molar-refractivity contribution in [3.8, 4) is 5.75 Å². The number of para-hydroxylation sites is 2. The highest BCUT2D eigenvalue weighted by Crippen LogP contribution is 2.29. The first kappa shape index (κ1) is 29.9. The van der Waals surface area contributed by atoms with Crippen LogP contribution in [0.15, 0.2) is 72.8 Å². The highest BCUT2D eigenvalue weighted by atomic mass is 19.1. The molecule has 2 heterocycles. The van der Waals surface area contributed by atoms with Crippen molar-refractivity contribution in [1.29, 1.82) is 0 Å². The molecule has 0 bridgehead atoms. The van der Waals surface area contributed by atoms with Crippen LogP contribution in [0.4, 0.5) is 14.5 Å². The van der Waals surface area contributed by atoms with Crippen LogP contribution < -0.4 is 9.64 Å². The highest BCUT2D eigenvalue weighted by molar-refractivity contribution is 5.77. The van der Waals surface area contributed by atoms with Gasteiger partial charge in [0, 0.05) is 45.8 Å². The lowest BCUT2D eigenvalue weighted by atomic mass is 10.0. The first-order chi connectivity index (χ1) is 20.3. The van der Waals surface area contributed by atoms with E-state index in [4.69, 9.17) is 9.47 Å². The quantitative estimate of drug-likeness (QED) is 0.381. The molecule has 3 aromatic rings. The molecule has 2 N–H and O–H groups in total. The summed E-state index contributed by atoms with van der Waals surface area (Å²) in [4.78, 5) is 19.1. The van der Waals surface area contributed by atoms with Gasteiger partial charge < -0.3 is 29.5 Å². The highest BCUT2D eigenvalue weighted by Gasteiger charge is 2.44. The van der Waals surface area contributed by atoms with Gasteiger partial charge in [-0.05, 0) is 47.5 Å². The van der Waals surface area contributed by atoms with E-state index in [2.05, 4.69) is 4.90 Å². The number of ether oxygens (including phenoxy) is 2. The Kier molecular flexibility index (Phi) is 9.69. The Bertz CT molecular complexity index is 1270. The normalized spacial score (nSPS) is 22.5. The number of rotatable bonds is 10. The number of aliphatic hydroxyl groups is 2. The number of halogens is 2. The molecule has 8 nitrogen and oxygen atoms in total. The molecular weight excluding hydrogens is 544 g/mol. The minimum Gasteiger partial charge on any atom is -0.495 e. The second-order valence-electron chi connectivity index (χ2n) is 10.9. The Labute approximate surface area is 244 Å². The number of carbonyl (C=O) groups excluding carboxylic acids is 1. The molecule has 2 saturated heterocycles. The van der Waals surface area contributed by atoms with Crippen LogP contribution >= 0.6 is 0 Å². The van der Waals surface area contributed by atoms with Crippen LogP contribution in [0.5, 0.6) is 5.75 Å². The van der Waals surface area contributed by atoms with E-state index in [0.29, 0.717) is 39.3 Å². The number of benzene rings is 3. The van der Waals surface area contributed by atoms with E-state index in [1.54, 1.807) is 36.3 Å². The van der Waals surface area contributed by atoms with Gasteiger partial charge in [-0.25, -0.2) is 8.78 Å². The summed E-state index contributed by atoms with van der Waals surface area (Å²) >= 11 is 0. The van der Waals surface area contributed by atoms with E-state index in [1.807, 2.05) is 29.2 Å². The van der Waals surface area contributed by atoms with Gasteiger partial charge >= 0.3 is 0 Å². The zero-order chi connectivity index (χ0) is 29.6. The van der Waals surface area contributed by atoms with Crippen molar-refractivity contribution >= 4 is 11.6 Å². The van der Waals surface area contributed by atoms with Crippen LogP contribution in [0.25, 0.3) is 0 Å². The van der Waals surface area contributed by atoms with Crippen molar-refractivity contribution < 1.29 is 33.3 Å². The van der Waals surface area contributed by atoms with Crippen LogP contribution in [-0.2, 0) is 22.6 Å². The van der Waals surface area contributed by atoms with Gasteiger partial charge in [-0.3, -0.25) is 9.69 Å². The molecule has 0 aromatic heterocycles. The van der Waals surface area contributed by atoms with Crippen molar-refractivity contribution in [3.05, 3.63) is 95.6 Å².